The molecule has 5 heteroatoms. The van der Waals surface area contributed by atoms with Crippen molar-refractivity contribution in [2.45, 2.75) is 19.1 Å². The third kappa shape index (κ3) is 4.60. The average molecular weight is 280 g/mol. The van der Waals surface area contributed by atoms with Crippen molar-refractivity contribution in [1.29, 1.82) is 0 Å². The molecule has 0 unspecified atom stereocenters. The zero-order chi connectivity index (χ0) is 11.4. The molecule has 0 aliphatic heterocycles. The van der Waals surface area contributed by atoms with Crippen molar-refractivity contribution in [3.63, 3.8) is 0 Å². The predicted molar refractivity (Wildman–Crippen MR) is 75.4 cm³/mol. The lowest BCUT2D eigenvalue weighted by molar-refractivity contribution is 1.12. The molecule has 0 heterocycles. The summed E-state index contributed by atoms with van der Waals surface area (Å²) in [5.41, 5.74) is 0.863. The Hall–Kier alpha value is 0.0400. The van der Waals surface area contributed by atoms with Crippen molar-refractivity contribution in [3.8, 4) is 0 Å². The van der Waals surface area contributed by atoms with Crippen LogP contribution < -0.4 is 5.32 Å². The molecule has 1 N–H and O–H groups in total. The van der Waals surface area contributed by atoms with Crippen LogP contribution in [-0.2, 0) is 0 Å². The first-order valence-electron chi connectivity index (χ1n) is 4.41. The molecule has 0 fully saturated rings. The molecule has 82 valence electrons. The highest BCUT2D eigenvalue weighted by Crippen LogP contribution is 2.26. The number of hydrogen-bond donors (Lipinski definition) is 1. The van der Waals surface area contributed by atoms with E-state index in [0.29, 0.717) is 15.3 Å². The van der Waals surface area contributed by atoms with E-state index < -0.39 is 0 Å². The molecule has 15 heavy (non-hydrogen) atoms. The van der Waals surface area contributed by atoms with E-state index in [1.807, 2.05) is 6.07 Å². The minimum atomic E-state index is 0.466. The van der Waals surface area contributed by atoms with Crippen molar-refractivity contribution in [2.24, 2.45) is 0 Å². The minimum absolute atomic E-state index is 0.466. The summed E-state index contributed by atoms with van der Waals surface area (Å²) in [6.45, 7) is 4.18. The summed E-state index contributed by atoms with van der Waals surface area (Å²) < 4.78 is 0.739. The summed E-state index contributed by atoms with van der Waals surface area (Å²) in [6, 6.07) is 5.35. The van der Waals surface area contributed by atoms with Gasteiger partial charge in [0.25, 0.3) is 0 Å². The molecule has 0 aromatic heterocycles. The fourth-order valence-electron chi connectivity index (χ4n) is 0.935. The van der Waals surface area contributed by atoms with E-state index in [2.05, 4.69) is 19.2 Å². The predicted octanol–water partition coefficient (Wildman–Crippen LogP) is 4.83. The summed E-state index contributed by atoms with van der Waals surface area (Å²) in [7, 11) is 0. The lowest BCUT2D eigenvalue weighted by atomic mass is 10.3. The Bertz CT molecular complexity index is 366. The van der Waals surface area contributed by atoms with Gasteiger partial charge >= 0.3 is 0 Å². The second-order valence-corrected chi connectivity index (χ2v) is 6.28. The van der Waals surface area contributed by atoms with Crippen molar-refractivity contribution in [2.75, 3.05) is 5.32 Å². The number of benzene rings is 1. The Morgan fingerprint density at radius 3 is 2.53 bits per heavy atom. The average Bonchev–Trinajstić information content (AvgIpc) is 2.10. The zero-order valence-corrected chi connectivity index (χ0v) is 11.5. The molecule has 1 nitrogen and oxygen atoms in total. The van der Waals surface area contributed by atoms with Gasteiger partial charge in [-0.25, -0.2) is 0 Å². The van der Waals surface area contributed by atoms with Crippen LogP contribution in [0.25, 0.3) is 0 Å². The first-order valence-corrected chi connectivity index (χ1v) is 6.46. The van der Waals surface area contributed by atoms with Crippen molar-refractivity contribution in [3.05, 3.63) is 28.2 Å². The fraction of sp³-hybridized carbons (Fsp3) is 0.300. The normalized spacial score (nSPS) is 10.5. The van der Waals surface area contributed by atoms with Crippen LogP contribution >= 0.6 is 47.2 Å². The maximum Gasteiger partial charge on any atom is 0.138 e. The molecule has 0 atom stereocenters. The van der Waals surface area contributed by atoms with Crippen molar-refractivity contribution in [1.82, 2.24) is 0 Å². The summed E-state index contributed by atoms with van der Waals surface area (Å²) in [4.78, 5) is 0. The van der Waals surface area contributed by atoms with Gasteiger partial charge in [0, 0.05) is 10.9 Å². The Kier molecular flexibility index (Phi) is 5.19. The third-order valence-electron chi connectivity index (χ3n) is 1.51. The molecular formula is C10H11Cl2NS2. The zero-order valence-electron chi connectivity index (χ0n) is 8.38. The van der Waals surface area contributed by atoms with Gasteiger partial charge in [-0.2, -0.15) is 0 Å². The highest BCUT2D eigenvalue weighted by Gasteiger charge is 2.03. The Labute approximate surface area is 110 Å². The van der Waals surface area contributed by atoms with Crippen LogP contribution in [0.1, 0.15) is 13.8 Å². The Morgan fingerprint density at radius 1 is 1.33 bits per heavy atom. The van der Waals surface area contributed by atoms with E-state index in [9.17, 15) is 0 Å². The van der Waals surface area contributed by atoms with E-state index in [1.165, 1.54) is 0 Å². The topological polar surface area (TPSA) is 12.0 Å². The van der Waals surface area contributed by atoms with Gasteiger partial charge in [-0.1, -0.05) is 61.0 Å². The molecule has 0 saturated heterocycles. The van der Waals surface area contributed by atoms with Crippen LogP contribution in [0.3, 0.4) is 0 Å². The lowest BCUT2D eigenvalue weighted by Gasteiger charge is -2.09. The van der Waals surface area contributed by atoms with Crippen molar-refractivity contribution >= 4 is 57.2 Å². The molecule has 0 amide bonds. The molecule has 0 spiro atoms. The molecule has 0 bridgehead atoms. The van der Waals surface area contributed by atoms with E-state index in [4.69, 9.17) is 35.4 Å². The Balaban J connectivity index is 2.65. The highest BCUT2D eigenvalue weighted by molar-refractivity contribution is 8.23. The largest absolute Gasteiger partial charge is 0.341 e. The van der Waals surface area contributed by atoms with Crippen LogP contribution in [0.5, 0.6) is 0 Å². The van der Waals surface area contributed by atoms with E-state index >= 15 is 0 Å². The number of nitrogens with one attached hydrogen (secondary N) is 1. The quantitative estimate of drug-likeness (QED) is 0.779. The minimum Gasteiger partial charge on any atom is -0.341 e. The van der Waals surface area contributed by atoms with Crippen LogP contribution in [0.4, 0.5) is 5.69 Å². The molecule has 0 aliphatic rings. The van der Waals surface area contributed by atoms with Gasteiger partial charge in [0.05, 0.1) is 10.0 Å². The number of rotatable bonds is 2. The second-order valence-electron chi connectivity index (χ2n) is 3.21. The van der Waals surface area contributed by atoms with Crippen LogP contribution in [-0.4, -0.2) is 9.57 Å². The monoisotopic (exact) mass is 279 g/mol. The van der Waals surface area contributed by atoms with Gasteiger partial charge in [0.2, 0.25) is 0 Å². The number of thioether (sulfide) groups is 1. The lowest BCUT2D eigenvalue weighted by Crippen LogP contribution is -2.07. The first-order chi connectivity index (χ1) is 6.99. The highest BCUT2D eigenvalue weighted by atomic mass is 35.5. The van der Waals surface area contributed by atoms with Crippen LogP contribution in [0.2, 0.25) is 10.0 Å². The smallest absolute Gasteiger partial charge is 0.138 e. The van der Waals surface area contributed by atoms with Gasteiger partial charge in [0.15, 0.2) is 0 Å². The summed E-state index contributed by atoms with van der Waals surface area (Å²) in [5.74, 6) is 0. The van der Waals surface area contributed by atoms with E-state index in [0.717, 1.165) is 10.0 Å². The summed E-state index contributed by atoms with van der Waals surface area (Å²) in [6.07, 6.45) is 0. The van der Waals surface area contributed by atoms with Crippen LogP contribution in [0, 0.1) is 0 Å². The molecule has 1 aromatic rings. The molecule has 1 aromatic carbocycles. The Morgan fingerprint density at radius 2 is 2.00 bits per heavy atom. The van der Waals surface area contributed by atoms with E-state index in [1.54, 1.807) is 23.9 Å². The molecule has 0 saturated carbocycles. The van der Waals surface area contributed by atoms with Gasteiger partial charge in [0.1, 0.15) is 4.32 Å². The second kappa shape index (κ2) is 5.94. The van der Waals surface area contributed by atoms with Gasteiger partial charge in [-0.3, -0.25) is 0 Å². The summed E-state index contributed by atoms with van der Waals surface area (Å²) >= 11 is 18.5. The molecule has 1 rings (SSSR count). The third-order valence-corrected chi connectivity index (χ3v) is 3.43. The maximum absolute atomic E-state index is 5.88. The molecular weight excluding hydrogens is 269 g/mol. The number of thiocarbonyl (C=S) groups is 1. The van der Waals surface area contributed by atoms with Gasteiger partial charge < -0.3 is 5.32 Å². The SMILES string of the molecule is CC(C)SC(=S)Nc1ccc(Cl)c(Cl)c1. The standard InChI is InChI=1S/C10H11Cl2NS2/c1-6(2)15-10(14)13-7-3-4-8(11)9(12)5-7/h3-6H,1-2H3,(H,13,14). The molecule has 0 aliphatic carbocycles. The van der Waals surface area contributed by atoms with Crippen molar-refractivity contribution < 1.29 is 0 Å². The van der Waals surface area contributed by atoms with E-state index in [-0.39, 0.29) is 0 Å². The summed E-state index contributed by atoms with van der Waals surface area (Å²) in [5, 5.41) is 4.63. The number of anilines is 1. The number of halogens is 2. The van der Waals surface area contributed by atoms with Gasteiger partial charge in [-0.15, -0.1) is 0 Å². The van der Waals surface area contributed by atoms with Gasteiger partial charge in [-0.05, 0) is 18.2 Å². The first kappa shape index (κ1) is 13.1. The maximum atomic E-state index is 5.88. The molecule has 0 radical (unpaired) electrons. The number of hydrogen-bond acceptors (Lipinski definition) is 2. The van der Waals surface area contributed by atoms with Crippen LogP contribution in [0.15, 0.2) is 18.2 Å². The fourth-order valence-corrected chi connectivity index (χ4v) is 2.53.